The molecular weight excluding hydrogens is 338 g/mol. The molecule has 140 valence electrons. The SMILES string of the molecule is O=C(CN1CCN(C(=O)c2ccc(-c3ccccc3)cc2)CC1)NC1CC1. The van der Waals surface area contributed by atoms with Crippen LogP contribution in [0.1, 0.15) is 23.2 Å². The van der Waals surface area contributed by atoms with Crippen molar-refractivity contribution in [2.45, 2.75) is 18.9 Å². The van der Waals surface area contributed by atoms with Crippen molar-refractivity contribution in [2.75, 3.05) is 32.7 Å². The molecule has 0 bridgehead atoms. The van der Waals surface area contributed by atoms with Crippen LogP contribution in [0.3, 0.4) is 0 Å². The maximum absolute atomic E-state index is 12.8. The molecular formula is C22H25N3O2. The molecule has 2 aromatic rings. The first-order chi connectivity index (χ1) is 13.2. The van der Waals surface area contributed by atoms with Gasteiger partial charge >= 0.3 is 0 Å². The van der Waals surface area contributed by atoms with Crippen LogP contribution >= 0.6 is 0 Å². The molecule has 5 heteroatoms. The van der Waals surface area contributed by atoms with E-state index in [1.807, 2.05) is 47.4 Å². The summed E-state index contributed by atoms with van der Waals surface area (Å²) in [7, 11) is 0. The van der Waals surface area contributed by atoms with Crippen LogP contribution in [0.2, 0.25) is 0 Å². The fourth-order valence-corrected chi connectivity index (χ4v) is 3.43. The number of hydrogen-bond donors (Lipinski definition) is 1. The highest BCUT2D eigenvalue weighted by molar-refractivity contribution is 5.94. The standard InChI is InChI=1S/C22H25N3O2/c26-21(23-20-10-11-20)16-24-12-14-25(15-13-24)22(27)19-8-6-18(7-9-19)17-4-2-1-3-5-17/h1-9,20H,10-16H2,(H,23,26). The van der Waals surface area contributed by atoms with Crippen LogP contribution in [-0.4, -0.2) is 60.4 Å². The molecule has 2 amide bonds. The van der Waals surface area contributed by atoms with Gasteiger partial charge in [0, 0.05) is 37.8 Å². The summed E-state index contributed by atoms with van der Waals surface area (Å²) in [6.45, 7) is 3.24. The molecule has 2 aromatic carbocycles. The first kappa shape index (κ1) is 17.7. The molecule has 0 radical (unpaired) electrons. The number of rotatable bonds is 5. The van der Waals surface area contributed by atoms with Crippen molar-refractivity contribution >= 4 is 11.8 Å². The summed E-state index contributed by atoms with van der Waals surface area (Å²) in [5.74, 6) is 0.172. The summed E-state index contributed by atoms with van der Waals surface area (Å²) >= 11 is 0. The van der Waals surface area contributed by atoms with Crippen LogP contribution in [0.25, 0.3) is 11.1 Å². The quantitative estimate of drug-likeness (QED) is 0.887. The van der Waals surface area contributed by atoms with E-state index in [1.165, 1.54) is 0 Å². The second-order valence-corrected chi connectivity index (χ2v) is 7.35. The summed E-state index contributed by atoms with van der Waals surface area (Å²) in [5, 5.41) is 3.02. The highest BCUT2D eigenvalue weighted by atomic mass is 16.2. The number of amides is 2. The van der Waals surface area contributed by atoms with Crippen LogP contribution in [0.5, 0.6) is 0 Å². The minimum Gasteiger partial charge on any atom is -0.352 e. The summed E-state index contributed by atoms with van der Waals surface area (Å²) in [6, 6.07) is 18.4. The Balaban J connectivity index is 1.30. The molecule has 1 N–H and O–H groups in total. The third-order valence-corrected chi connectivity index (χ3v) is 5.21. The zero-order chi connectivity index (χ0) is 18.6. The fraction of sp³-hybridized carbons (Fsp3) is 0.364. The molecule has 1 heterocycles. The molecule has 0 spiro atoms. The normalized spacial score (nSPS) is 17.6. The minimum absolute atomic E-state index is 0.0664. The number of hydrogen-bond acceptors (Lipinski definition) is 3. The monoisotopic (exact) mass is 363 g/mol. The smallest absolute Gasteiger partial charge is 0.253 e. The second-order valence-electron chi connectivity index (χ2n) is 7.35. The van der Waals surface area contributed by atoms with E-state index in [1.54, 1.807) is 0 Å². The maximum Gasteiger partial charge on any atom is 0.253 e. The van der Waals surface area contributed by atoms with E-state index in [2.05, 4.69) is 22.3 Å². The molecule has 5 nitrogen and oxygen atoms in total. The van der Waals surface area contributed by atoms with E-state index >= 15 is 0 Å². The lowest BCUT2D eigenvalue weighted by atomic mass is 10.0. The second kappa shape index (κ2) is 7.92. The van der Waals surface area contributed by atoms with Crippen molar-refractivity contribution in [1.82, 2.24) is 15.1 Å². The molecule has 1 saturated carbocycles. The number of carbonyl (C=O) groups is 2. The van der Waals surface area contributed by atoms with Crippen molar-refractivity contribution in [1.29, 1.82) is 0 Å². The van der Waals surface area contributed by atoms with Gasteiger partial charge in [-0.3, -0.25) is 14.5 Å². The molecule has 0 atom stereocenters. The topological polar surface area (TPSA) is 52.7 Å². The predicted octanol–water partition coefficient (Wildman–Crippen LogP) is 2.39. The average Bonchev–Trinajstić information content (AvgIpc) is 3.53. The maximum atomic E-state index is 12.8. The van der Waals surface area contributed by atoms with Gasteiger partial charge in [-0.05, 0) is 36.1 Å². The third-order valence-electron chi connectivity index (χ3n) is 5.21. The van der Waals surface area contributed by atoms with Gasteiger partial charge in [0.1, 0.15) is 0 Å². The zero-order valence-electron chi connectivity index (χ0n) is 15.4. The Hall–Kier alpha value is -2.66. The predicted molar refractivity (Wildman–Crippen MR) is 105 cm³/mol. The van der Waals surface area contributed by atoms with Crippen LogP contribution in [0, 0.1) is 0 Å². The minimum atomic E-state index is 0.0664. The van der Waals surface area contributed by atoms with Gasteiger partial charge in [-0.25, -0.2) is 0 Å². The van der Waals surface area contributed by atoms with E-state index in [0.717, 1.165) is 42.6 Å². The summed E-state index contributed by atoms with van der Waals surface area (Å²) in [4.78, 5) is 28.7. The largest absolute Gasteiger partial charge is 0.352 e. The lowest BCUT2D eigenvalue weighted by molar-refractivity contribution is -0.122. The van der Waals surface area contributed by atoms with Crippen molar-refractivity contribution in [3.63, 3.8) is 0 Å². The first-order valence-electron chi connectivity index (χ1n) is 9.65. The summed E-state index contributed by atoms with van der Waals surface area (Å²) in [5.41, 5.74) is 2.97. The van der Waals surface area contributed by atoms with Crippen LogP contribution in [0.4, 0.5) is 0 Å². The molecule has 1 aliphatic heterocycles. The first-order valence-corrected chi connectivity index (χ1v) is 9.65. The van der Waals surface area contributed by atoms with Gasteiger partial charge in [-0.2, -0.15) is 0 Å². The lowest BCUT2D eigenvalue weighted by Gasteiger charge is -2.34. The van der Waals surface area contributed by atoms with Gasteiger partial charge in [0.05, 0.1) is 6.54 Å². The zero-order valence-corrected chi connectivity index (χ0v) is 15.4. The Morgan fingerprint density at radius 1 is 0.852 bits per heavy atom. The van der Waals surface area contributed by atoms with E-state index in [4.69, 9.17) is 0 Å². The van der Waals surface area contributed by atoms with Crippen LogP contribution in [0.15, 0.2) is 54.6 Å². The van der Waals surface area contributed by atoms with Gasteiger partial charge < -0.3 is 10.2 Å². The van der Waals surface area contributed by atoms with Crippen molar-refractivity contribution in [3.8, 4) is 11.1 Å². The molecule has 4 rings (SSSR count). The van der Waals surface area contributed by atoms with Gasteiger partial charge in [-0.1, -0.05) is 42.5 Å². The van der Waals surface area contributed by atoms with E-state index < -0.39 is 0 Å². The van der Waals surface area contributed by atoms with Gasteiger partial charge in [-0.15, -0.1) is 0 Å². The Kier molecular flexibility index (Phi) is 5.21. The molecule has 2 aliphatic rings. The van der Waals surface area contributed by atoms with Gasteiger partial charge in [0.15, 0.2) is 0 Å². The molecule has 27 heavy (non-hydrogen) atoms. The Morgan fingerprint density at radius 3 is 2.11 bits per heavy atom. The third kappa shape index (κ3) is 4.55. The number of nitrogens with zero attached hydrogens (tertiary/aromatic N) is 2. The highest BCUT2D eigenvalue weighted by Gasteiger charge is 2.26. The highest BCUT2D eigenvalue weighted by Crippen LogP contribution is 2.20. The Labute approximate surface area is 160 Å². The van der Waals surface area contributed by atoms with Crippen molar-refractivity contribution < 1.29 is 9.59 Å². The molecule has 0 unspecified atom stereocenters. The number of piperazine rings is 1. The molecule has 1 saturated heterocycles. The van der Waals surface area contributed by atoms with Crippen molar-refractivity contribution in [3.05, 3.63) is 60.2 Å². The Bertz CT molecular complexity index is 792. The lowest BCUT2D eigenvalue weighted by Crippen LogP contribution is -2.51. The molecule has 1 aliphatic carbocycles. The average molecular weight is 363 g/mol. The summed E-state index contributed by atoms with van der Waals surface area (Å²) < 4.78 is 0. The number of carbonyl (C=O) groups excluding carboxylic acids is 2. The van der Waals surface area contributed by atoms with E-state index in [-0.39, 0.29) is 11.8 Å². The number of nitrogens with one attached hydrogen (secondary N) is 1. The van der Waals surface area contributed by atoms with Crippen LogP contribution in [-0.2, 0) is 4.79 Å². The Morgan fingerprint density at radius 2 is 1.48 bits per heavy atom. The van der Waals surface area contributed by atoms with Gasteiger partial charge in [0.2, 0.25) is 5.91 Å². The van der Waals surface area contributed by atoms with E-state index in [9.17, 15) is 9.59 Å². The summed E-state index contributed by atoms with van der Waals surface area (Å²) in [6.07, 6.45) is 2.22. The van der Waals surface area contributed by atoms with E-state index in [0.29, 0.717) is 25.7 Å². The van der Waals surface area contributed by atoms with Crippen LogP contribution < -0.4 is 5.32 Å². The van der Waals surface area contributed by atoms with Gasteiger partial charge in [0.25, 0.3) is 5.91 Å². The van der Waals surface area contributed by atoms with Crippen molar-refractivity contribution in [2.24, 2.45) is 0 Å². The molecule has 0 aromatic heterocycles. The fourth-order valence-electron chi connectivity index (χ4n) is 3.43. The molecule has 2 fully saturated rings. The number of benzene rings is 2.